The highest BCUT2D eigenvalue weighted by molar-refractivity contribution is 7.89. The van der Waals surface area contributed by atoms with Gasteiger partial charge in [0, 0.05) is 24.8 Å². The van der Waals surface area contributed by atoms with E-state index in [1.807, 2.05) is 24.0 Å². The Hall–Kier alpha value is -2.19. The van der Waals surface area contributed by atoms with Crippen LogP contribution < -0.4 is 10.0 Å². The molecule has 2 N–H and O–H groups in total. The molecule has 1 aliphatic carbocycles. The SMILES string of the molecule is CC(=O)Nc1ccc(S(=O)(=O)NC2CCC(n3cc(C)cn3)CC2)cc1. The average Bonchev–Trinajstić information content (AvgIpc) is 3.01. The zero-order valence-electron chi connectivity index (χ0n) is 15.0. The van der Waals surface area contributed by atoms with Crippen molar-refractivity contribution in [1.82, 2.24) is 14.5 Å². The first kappa shape index (κ1) is 18.6. The fourth-order valence-corrected chi connectivity index (χ4v) is 4.60. The minimum absolute atomic E-state index is 0.0667. The maximum atomic E-state index is 12.6. The van der Waals surface area contributed by atoms with E-state index in [-0.39, 0.29) is 16.8 Å². The van der Waals surface area contributed by atoms with Crippen molar-refractivity contribution < 1.29 is 13.2 Å². The highest BCUT2D eigenvalue weighted by atomic mass is 32.2. The number of carbonyl (C=O) groups is 1. The summed E-state index contributed by atoms with van der Waals surface area (Å²) in [5.74, 6) is -0.192. The largest absolute Gasteiger partial charge is 0.326 e. The van der Waals surface area contributed by atoms with Gasteiger partial charge >= 0.3 is 0 Å². The van der Waals surface area contributed by atoms with Crippen LogP contribution in [0.15, 0.2) is 41.6 Å². The molecule has 1 heterocycles. The maximum Gasteiger partial charge on any atom is 0.240 e. The maximum absolute atomic E-state index is 12.6. The summed E-state index contributed by atoms with van der Waals surface area (Å²) in [6, 6.07) is 6.46. The molecule has 8 heteroatoms. The number of anilines is 1. The van der Waals surface area contributed by atoms with Crippen molar-refractivity contribution in [1.29, 1.82) is 0 Å². The molecule has 0 spiro atoms. The molecular weight excluding hydrogens is 352 g/mol. The number of carbonyl (C=O) groups excluding carboxylic acids is 1. The zero-order valence-corrected chi connectivity index (χ0v) is 15.8. The molecule has 1 amide bonds. The Morgan fingerprint density at radius 2 is 1.81 bits per heavy atom. The summed E-state index contributed by atoms with van der Waals surface area (Å²) in [5.41, 5.74) is 1.71. The van der Waals surface area contributed by atoms with Gasteiger partial charge in [-0.1, -0.05) is 0 Å². The lowest BCUT2D eigenvalue weighted by Gasteiger charge is -2.29. The molecule has 7 nitrogen and oxygen atoms in total. The van der Waals surface area contributed by atoms with Gasteiger partial charge < -0.3 is 5.32 Å². The van der Waals surface area contributed by atoms with E-state index in [1.165, 1.54) is 19.1 Å². The van der Waals surface area contributed by atoms with Gasteiger partial charge in [-0.3, -0.25) is 9.48 Å². The molecule has 26 heavy (non-hydrogen) atoms. The Kier molecular flexibility index (Phi) is 5.43. The Morgan fingerprint density at radius 3 is 2.35 bits per heavy atom. The average molecular weight is 376 g/mol. The second kappa shape index (κ2) is 7.59. The number of hydrogen-bond donors (Lipinski definition) is 2. The van der Waals surface area contributed by atoms with E-state index >= 15 is 0 Å². The highest BCUT2D eigenvalue weighted by Gasteiger charge is 2.26. The van der Waals surface area contributed by atoms with Gasteiger partial charge in [0.1, 0.15) is 0 Å². The molecule has 1 saturated carbocycles. The summed E-state index contributed by atoms with van der Waals surface area (Å²) < 4.78 is 29.9. The topological polar surface area (TPSA) is 93.1 Å². The highest BCUT2D eigenvalue weighted by Crippen LogP contribution is 2.29. The van der Waals surface area contributed by atoms with E-state index < -0.39 is 10.0 Å². The van der Waals surface area contributed by atoms with Crippen molar-refractivity contribution in [3.05, 3.63) is 42.2 Å². The molecule has 1 aromatic heterocycles. The Balaban J connectivity index is 1.59. The van der Waals surface area contributed by atoms with Crippen LogP contribution in [-0.2, 0) is 14.8 Å². The minimum atomic E-state index is -3.57. The lowest BCUT2D eigenvalue weighted by Crippen LogP contribution is -2.38. The van der Waals surface area contributed by atoms with Crippen LogP contribution in [0.5, 0.6) is 0 Å². The van der Waals surface area contributed by atoms with Gasteiger partial charge in [-0.2, -0.15) is 5.10 Å². The molecule has 0 bridgehead atoms. The normalized spacial score (nSPS) is 20.7. The first-order valence-corrected chi connectivity index (χ1v) is 10.2. The van der Waals surface area contributed by atoms with Crippen LogP contribution in [0.2, 0.25) is 0 Å². The van der Waals surface area contributed by atoms with Gasteiger partial charge in [-0.15, -0.1) is 0 Å². The van der Waals surface area contributed by atoms with E-state index in [2.05, 4.69) is 15.1 Å². The van der Waals surface area contributed by atoms with Crippen LogP contribution >= 0.6 is 0 Å². The third kappa shape index (κ3) is 4.50. The first-order valence-electron chi connectivity index (χ1n) is 8.74. The van der Waals surface area contributed by atoms with Crippen LogP contribution in [0.1, 0.15) is 44.2 Å². The molecule has 140 valence electrons. The van der Waals surface area contributed by atoms with Crippen LogP contribution in [-0.4, -0.2) is 30.1 Å². The zero-order chi connectivity index (χ0) is 18.7. The summed E-state index contributed by atoms with van der Waals surface area (Å²) in [5, 5.41) is 6.99. The van der Waals surface area contributed by atoms with Gasteiger partial charge in [-0.05, 0) is 62.4 Å². The number of aryl methyl sites for hydroxylation is 1. The third-order valence-electron chi connectivity index (χ3n) is 4.61. The molecule has 0 radical (unpaired) electrons. The number of benzene rings is 1. The van der Waals surface area contributed by atoms with Gasteiger partial charge in [0.15, 0.2) is 0 Å². The number of rotatable bonds is 5. The van der Waals surface area contributed by atoms with E-state index in [9.17, 15) is 13.2 Å². The lowest BCUT2D eigenvalue weighted by molar-refractivity contribution is -0.114. The van der Waals surface area contributed by atoms with Gasteiger partial charge in [-0.25, -0.2) is 13.1 Å². The van der Waals surface area contributed by atoms with Gasteiger partial charge in [0.25, 0.3) is 0 Å². The Labute approximate surface area is 153 Å². The molecule has 1 aliphatic rings. The number of amides is 1. The molecule has 0 unspecified atom stereocenters. The first-order chi connectivity index (χ1) is 12.3. The number of hydrogen-bond acceptors (Lipinski definition) is 4. The number of sulfonamides is 1. The predicted molar refractivity (Wildman–Crippen MR) is 99.3 cm³/mol. The van der Waals surface area contributed by atoms with Crippen molar-refractivity contribution in [2.45, 2.75) is 56.5 Å². The number of nitrogens with zero attached hydrogens (tertiary/aromatic N) is 2. The molecule has 0 saturated heterocycles. The van der Waals surface area contributed by atoms with Crippen LogP contribution in [0.4, 0.5) is 5.69 Å². The molecule has 0 aliphatic heterocycles. The molecule has 2 aromatic rings. The second-order valence-corrected chi connectivity index (χ2v) is 8.54. The van der Waals surface area contributed by atoms with Crippen molar-refractivity contribution in [3.8, 4) is 0 Å². The predicted octanol–water partition coefficient (Wildman–Crippen LogP) is 2.61. The summed E-state index contributed by atoms with van der Waals surface area (Å²) >= 11 is 0. The lowest BCUT2D eigenvalue weighted by atomic mass is 9.92. The van der Waals surface area contributed by atoms with Crippen LogP contribution in [0, 0.1) is 6.92 Å². The van der Waals surface area contributed by atoms with Gasteiger partial charge in [0.2, 0.25) is 15.9 Å². The van der Waals surface area contributed by atoms with E-state index in [0.717, 1.165) is 31.2 Å². The number of nitrogens with one attached hydrogen (secondary N) is 2. The van der Waals surface area contributed by atoms with Crippen molar-refractivity contribution in [2.24, 2.45) is 0 Å². The fourth-order valence-electron chi connectivity index (χ4n) is 3.30. The fraction of sp³-hybridized carbons (Fsp3) is 0.444. The second-order valence-electron chi connectivity index (χ2n) is 6.83. The standard InChI is InChI=1S/C18H24N4O3S/c1-13-11-19-22(12-13)17-7-3-16(4-8-17)21-26(24,25)18-9-5-15(6-10-18)20-14(2)23/h5-6,9-12,16-17,21H,3-4,7-8H2,1-2H3,(H,20,23). The Bertz CT molecular complexity index is 866. The summed E-state index contributed by atoms with van der Waals surface area (Å²) in [4.78, 5) is 11.2. The molecule has 0 atom stereocenters. The minimum Gasteiger partial charge on any atom is -0.326 e. The quantitative estimate of drug-likeness (QED) is 0.839. The van der Waals surface area contributed by atoms with Crippen molar-refractivity contribution >= 4 is 21.6 Å². The molecule has 3 rings (SSSR count). The van der Waals surface area contributed by atoms with Crippen LogP contribution in [0.3, 0.4) is 0 Å². The molecular formula is C18H24N4O3S. The Morgan fingerprint density at radius 1 is 1.15 bits per heavy atom. The monoisotopic (exact) mass is 376 g/mol. The van der Waals surface area contributed by atoms with Crippen molar-refractivity contribution in [2.75, 3.05) is 5.32 Å². The summed E-state index contributed by atoms with van der Waals surface area (Å²) in [6.07, 6.45) is 7.25. The van der Waals surface area contributed by atoms with E-state index in [4.69, 9.17) is 0 Å². The van der Waals surface area contributed by atoms with E-state index in [1.54, 1.807) is 12.1 Å². The van der Waals surface area contributed by atoms with Crippen LogP contribution in [0.25, 0.3) is 0 Å². The van der Waals surface area contributed by atoms with E-state index in [0.29, 0.717) is 11.7 Å². The molecule has 1 aromatic carbocycles. The summed E-state index contributed by atoms with van der Waals surface area (Å²) in [6.45, 7) is 3.42. The molecule has 1 fully saturated rings. The number of aromatic nitrogens is 2. The van der Waals surface area contributed by atoms with Gasteiger partial charge in [0.05, 0.1) is 17.1 Å². The summed E-state index contributed by atoms with van der Waals surface area (Å²) in [7, 11) is -3.57. The third-order valence-corrected chi connectivity index (χ3v) is 6.14. The van der Waals surface area contributed by atoms with Crippen molar-refractivity contribution in [3.63, 3.8) is 0 Å². The smallest absolute Gasteiger partial charge is 0.240 e.